The summed E-state index contributed by atoms with van der Waals surface area (Å²) in [5.41, 5.74) is 0.996. The van der Waals surface area contributed by atoms with Crippen molar-refractivity contribution in [2.75, 3.05) is 32.5 Å². The van der Waals surface area contributed by atoms with E-state index in [-0.39, 0.29) is 12.4 Å². The Balaban J connectivity index is 2.66. The molecule has 0 aliphatic carbocycles. The van der Waals surface area contributed by atoms with Crippen LogP contribution in [0.25, 0.3) is 0 Å². The molecule has 84 valence electrons. The van der Waals surface area contributed by atoms with Gasteiger partial charge in [-0.25, -0.2) is 4.39 Å². The van der Waals surface area contributed by atoms with Gasteiger partial charge in [-0.1, -0.05) is 12.1 Å². The van der Waals surface area contributed by atoms with E-state index in [0.717, 1.165) is 6.54 Å². The molecule has 0 radical (unpaired) electrons. The predicted octanol–water partition coefficient (Wildman–Crippen LogP) is 1.29. The molecule has 0 fully saturated rings. The first kappa shape index (κ1) is 11.9. The number of halogens is 1. The number of hydrogen-bond donors (Lipinski definition) is 2. The predicted molar refractivity (Wildman–Crippen MR) is 59.4 cm³/mol. The van der Waals surface area contributed by atoms with Crippen molar-refractivity contribution in [3.63, 3.8) is 0 Å². The summed E-state index contributed by atoms with van der Waals surface area (Å²) in [6.45, 7) is 1.32. The van der Waals surface area contributed by atoms with Gasteiger partial charge in [0.1, 0.15) is 5.82 Å². The topological polar surface area (TPSA) is 35.5 Å². The number of nitrogens with one attached hydrogen (secondary N) is 1. The van der Waals surface area contributed by atoms with Gasteiger partial charge in [0.2, 0.25) is 0 Å². The van der Waals surface area contributed by atoms with Gasteiger partial charge in [-0.15, -0.1) is 0 Å². The van der Waals surface area contributed by atoms with Gasteiger partial charge in [-0.05, 0) is 20.2 Å². The first-order valence-electron chi connectivity index (χ1n) is 4.92. The van der Waals surface area contributed by atoms with Gasteiger partial charge in [0.15, 0.2) is 0 Å². The lowest BCUT2D eigenvalue weighted by atomic mass is 10.2. The number of benzene rings is 1. The monoisotopic (exact) mass is 212 g/mol. The van der Waals surface area contributed by atoms with Crippen molar-refractivity contribution in [3.05, 3.63) is 29.6 Å². The lowest BCUT2D eigenvalue weighted by Gasteiger charge is -2.14. The lowest BCUT2D eigenvalue weighted by molar-refractivity contribution is 0.282. The maximum absolute atomic E-state index is 13.4. The second kappa shape index (κ2) is 5.68. The Labute approximate surface area is 89.5 Å². The van der Waals surface area contributed by atoms with E-state index in [0.29, 0.717) is 17.8 Å². The fraction of sp³-hybridized carbons (Fsp3) is 0.455. The summed E-state index contributed by atoms with van der Waals surface area (Å²) in [6, 6.07) is 4.69. The Morgan fingerprint density at radius 2 is 2.13 bits per heavy atom. The van der Waals surface area contributed by atoms with Crippen molar-refractivity contribution in [1.82, 2.24) is 4.90 Å². The fourth-order valence-corrected chi connectivity index (χ4v) is 1.30. The van der Waals surface area contributed by atoms with Crippen molar-refractivity contribution < 1.29 is 9.50 Å². The molecule has 0 spiro atoms. The second-order valence-electron chi connectivity index (χ2n) is 3.66. The Hall–Kier alpha value is -1.13. The van der Waals surface area contributed by atoms with Crippen LogP contribution in [0.4, 0.5) is 10.1 Å². The van der Waals surface area contributed by atoms with Crippen LogP contribution in [-0.2, 0) is 6.61 Å². The molecule has 4 heteroatoms. The van der Waals surface area contributed by atoms with E-state index in [2.05, 4.69) is 5.32 Å². The van der Waals surface area contributed by atoms with Crippen LogP contribution < -0.4 is 5.32 Å². The summed E-state index contributed by atoms with van der Waals surface area (Å²) in [4.78, 5) is 2.01. The molecule has 1 rings (SSSR count). The van der Waals surface area contributed by atoms with Crippen LogP contribution in [0.3, 0.4) is 0 Å². The zero-order chi connectivity index (χ0) is 11.3. The summed E-state index contributed by atoms with van der Waals surface area (Å²) in [5.74, 6) is -0.319. The molecule has 0 saturated heterocycles. The van der Waals surface area contributed by atoms with Crippen LogP contribution in [0.1, 0.15) is 5.56 Å². The van der Waals surface area contributed by atoms with Gasteiger partial charge >= 0.3 is 0 Å². The zero-order valence-corrected chi connectivity index (χ0v) is 9.13. The molecule has 3 nitrogen and oxygen atoms in total. The smallest absolute Gasteiger partial charge is 0.146 e. The van der Waals surface area contributed by atoms with E-state index in [1.54, 1.807) is 12.1 Å². The van der Waals surface area contributed by atoms with Gasteiger partial charge < -0.3 is 15.3 Å². The fourth-order valence-electron chi connectivity index (χ4n) is 1.30. The average molecular weight is 212 g/mol. The Morgan fingerprint density at radius 1 is 1.40 bits per heavy atom. The average Bonchev–Trinajstić information content (AvgIpc) is 2.20. The van der Waals surface area contributed by atoms with Crippen LogP contribution in [0.15, 0.2) is 18.2 Å². The van der Waals surface area contributed by atoms with Crippen LogP contribution in [0.2, 0.25) is 0 Å². The zero-order valence-electron chi connectivity index (χ0n) is 9.13. The van der Waals surface area contributed by atoms with E-state index >= 15 is 0 Å². The molecular formula is C11H17FN2O. The van der Waals surface area contributed by atoms with Crippen molar-refractivity contribution in [2.24, 2.45) is 0 Å². The Bertz CT molecular complexity index is 315. The minimum Gasteiger partial charge on any atom is -0.392 e. The van der Waals surface area contributed by atoms with Crippen LogP contribution in [-0.4, -0.2) is 37.2 Å². The number of rotatable bonds is 5. The number of anilines is 1. The van der Waals surface area contributed by atoms with E-state index in [1.807, 2.05) is 19.0 Å². The normalized spacial score (nSPS) is 10.7. The summed E-state index contributed by atoms with van der Waals surface area (Å²) in [6.07, 6.45) is 0. The van der Waals surface area contributed by atoms with E-state index in [4.69, 9.17) is 5.11 Å². The highest BCUT2D eigenvalue weighted by Crippen LogP contribution is 2.19. The highest BCUT2D eigenvalue weighted by molar-refractivity contribution is 5.52. The SMILES string of the molecule is CN(C)CCNc1c(F)cccc1CO. The molecular weight excluding hydrogens is 195 g/mol. The maximum atomic E-state index is 13.4. The Morgan fingerprint density at radius 3 is 2.73 bits per heavy atom. The van der Waals surface area contributed by atoms with Gasteiger partial charge in [0.25, 0.3) is 0 Å². The minimum absolute atomic E-state index is 0.151. The quantitative estimate of drug-likeness (QED) is 0.772. The lowest BCUT2D eigenvalue weighted by Crippen LogP contribution is -2.21. The van der Waals surface area contributed by atoms with E-state index in [1.165, 1.54) is 6.07 Å². The number of nitrogens with zero attached hydrogens (tertiary/aromatic N) is 1. The molecule has 0 aromatic heterocycles. The van der Waals surface area contributed by atoms with Crippen molar-refractivity contribution in [1.29, 1.82) is 0 Å². The molecule has 0 aliphatic rings. The molecule has 0 saturated carbocycles. The van der Waals surface area contributed by atoms with Gasteiger partial charge in [0, 0.05) is 18.7 Å². The molecule has 2 N–H and O–H groups in total. The third-order valence-electron chi connectivity index (χ3n) is 2.13. The molecule has 0 unspecified atom stereocenters. The van der Waals surface area contributed by atoms with E-state index in [9.17, 15) is 4.39 Å². The number of hydrogen-bond acceptors (Lipinski definition) is 3. The number of likely N-dealkylation sites (N-methyl/N-ethyl adjacent to an activating group) is 1. The first-order valence-corrected chi connectivity index (χ1v) is 4.92. The van der Waals surface area contributed by atoms with Gasteiger partial charge in [0.05, 0.1) is 12.3 Å². The number of para-hydroxylation sites is 1. The van der Waals surface area contributed by atoms with Crippen LogP contribution >= 0.6 is 0 Å². The highest BCUT2D eigenvalue weighted by Gasteiger charge is 2.06. The highest BCUT2D eigenvalue weighted by atomic mass is 19.1. The number of aliphatic hydroxyl groups is 1. The second-order valence-corrected chi connectivity index (χ2v) is 3.66. The summed E-state index contributed by atoms with van der Waals surface area (Å²) < 4.78 is 13.4. The molecule has 0 aliphatic heterocycles. The van der Waals surface area contributed by atoms with Crippen LogP contribution in [0, 0.1) is 5.82 Å². The minimum atomic E-state index is -0.319. The van der Waals surface area contributed by atoms with Gasteiger partial charge in [-0.3, -0.25) is 0 Å². The molecule has 0 bridgehead atoms. The van der Waals surface area contributed by atoms with Crippen molar-refractivity contribution in [3.8, 4) is 0 Å². The summed E-state index contributed by atoms with van der Waals surface area (Å²) in [5, 5.41) is 12.0. The van der Waals surface area contributed by atoms with Crippen LogP contribution in [0.5, 0.6) is 0 Å². The molecule has 0 amide bonds. The van der Waals surface area contributed by atoms with E-state index < -0.39 is 0 Å². The molecule has 0 heterocycles. The van der Waals surface area contributed by atoms with Crippen molar-refractivity contribution >= 4 is 5.69 Å². The Kier molecular flexibility index (Phi) is 4.52. The van der Waals surface area contributed by atoms with Gasteiger partial charge in [-0.2, -0.15) is 0 Å². The third kappa shape index (κ3) is 3.49. The molecule has 1 aromatic rings. The first-order chi connectivity index (χ1) is 7.15. The summed E-state index contributed by atoms with van der Waals surface area (Å²) in [7, 11) is 3.91. The molecule has 0 atom stereocenters. The number of aliphatic hydroxyl groups excluding tert-OH is 1. The maximum Gasteiger partial charge on any atom is 0.146 e. The van der Waals surface area contributed by atoms with Crippen molar-refractivity contribution in [2.45, 2.75) is 6.61 Å². The molecule has 1 aromatic carbocycles. The standard InChI is InChI=1S/C11H17FN2O/c1-14(2)7-6-13-11-9(8-15)4-3-5-10(11)12/h3-5,13,15H,6-8H2,1-2H3. The third-order valence-corrected chi connectivity index (χ3v) is 2.13. The summed E-state index contributed by atoms with van der Waals surface area (Å²) >= 11 is 0. The molecule has 15 heavy (non-hydrogen) atoms. The largest absolute Gasteiger partial charge is 0.392 e.